The standard InChI is InChI=1S/C32H25N3O/c1-20-15-16-21-17-18-27-29(25(21)19-20)28-24(13-8-14-26(28)36-27)32-34-30(22-9-4-2-5-10-22)33-31(35-32)23-11-6-3-7-12-23/h2-11,14-19,23-24H,12-13H2,1H3. The molecule has 2 aromatic heterocycles. The Kier molecular flexibility index (Phi) is 4.91. The molecular weight excluding hydrogens is 442 g/mol. The van der Waals surface area contributed by atoms with Crippen LogP contribution in [0, 0.1) is 6.92 Å². The van der Waals surface area contributed by atoms with Gasteiger partial charge in [0, 0.05) is 22.4 Å². The van der Waals surface area contributed by atoms with Gasteiger partial charge >= 0.3 is 0 Å². The van der Waals surface area contributed by atoms with Gasteiger partial charge in [0.05, 0.1) is 5.92 Å². The van der Waals surface area contributed by atoms with Crippen LogP contribution in [0.25, 0.3) is 39.2 Å². The molecule has 0 fully saturated rings. The molecule has 2 atom stereocenters. The lowest BCUT2D eigenvalue weighted by molar-refractivity contribution is 0.584. The Morgan fingerprint density at radius 3 is 2.56 bits per heavy atom. The van der Waals surface area contributed by atoms with Crippen LogP contribution in [0.5, 0.6) is 0 Å². The van der Waals surface area contributed by atoms with Gasteiger partial charge in [0.2, 0.25) is 0 Å². The number of fused-ring (bicyclic) bond motifs is 5. The van der Waals surface area contributed by atoms with E-state index in [9.17, 15) is 0 Å². The van der Waals surface area contributed by atoms with Crippen LogP contribution in [0.2, 0.25) is 0 Å². The molecule has 4 heteroatoms. The Morgan fingerprint density at radius 1 is 0.833 bits per heavy atom. The van der Waals surface area contributed by atoms with E-state index in [2.05, 4.69) is 85.8 Å². The Hall–Kier alpha value is -4.31. The van der Waals surface area contributed by atoms with Gasteiger partial charge in [0.1, 0.15) is 23.0 Å². The summed E-state index contributed by atoms with van der Waals surface area (Å²) in [6, 6.07) is 21.0. The number of nitrogens with zero attached hydrogens (tertiary/aromatic N) is 3. The quantitative estimate of drug-likeness (QED) is 0.271. The van der Waals surface area contributed by atoms with E-state index in [0.717, 1.165) is 47.2 Å². The minimum Gasteiger partial charge on any atom is -0.456 e. The number of furan rings is 1. The van der Waals surface area contributed by atoms with Crippen LogP contribution >= 0.6 is 0 Å². The highest BCUT2D eigenvalue weighted by Gasteiger charge is 2.30. The summed E-state index contributed by atoms with van der Waals surface area (Å²) in [7, 11) is 0. The maximum absolute atomic E-state index is 6.37. The molecule has 2 aliphatic rings. The maximum Gasteiger partial charge on any atom is 0.163 e. The Balaban J connectivity index is 1.46. The summed E-state index contributed by atoms with van der Waals surface area (Å²) in [5, 5.41) is 3.60. The molecule has 7 rings (SSSR count). The Bertz CT molecular complexity index is 1710. The molecule has 36 heavy (non-hydrogen) atoms. The van der Waals surface area contributed by atoms with Crippen LogP contribution in [0.15, 0.2) is 95.5 Å². The first kappa shape index (κ1) is 21.0. The molecule has 0 bridgehead atoms. The topological polar surface area (TPSA) is 51.8 Å². The number of aromatic nitrogens is 3. The van der Waals surface area contributed by atoms with Crippen molar-refractivity contribution in [3.8, 4) is 11.4 Å². The van der Waals surface area contributed by atoms with Gasteiger partial charge in [-0.3, -0.25) is 0 Å². The predicted molar refractivity (Wildman–Crippen MR) is 145 cm³/mol. The van der Waals surface area contributed by atoms with Crippen LogP contribution in [-0.2, 0) is 0 Å². The zero-order valence-electron chi connectivity index (χ0n) is 20.1. The number of allylic oxidation sites excluding steroid dienone is 5. The highest BCUT2D eigenvalue weighted by atomic mass is 16.3. The van der Waals surface area contributed by atoms with Crippen molar-refractivity contribution in [2.24, 2.45) is 0 Å². The van der Waals surface area contributed by atoms with E-state index in [1.54, 1.807) is 0 Å². The summed E-state index contributed by atoms with van der Waals surface area (Å²) < 4.78 is 6.37. The van der Waals surface area contributed by atoms with Crippen LogP contribution in [-0.4, -0.2) is 15.0 Å². The van der Waals surface area contributed by atoms with E-state index in [1.807, 2.05) is 18.2 Å². The number of rotatable bonds is 3. The minimum absolute atomic E-state index is 0.00955. The number of hydrogen-bond acceptors (Lipinski definition) is 4. The molecule has 0 aliphatic heterocycles. The van der Waals surface area contributed by atoms with Gasteiger partial charge in [0.15, 0.2) is 5.82 Å². The molecule has 2 unspecified atom stereocenters. The average Bonchev–Trinajstić information content (AvgIpc) is 3.33. The second kappa shape index (κ2) is 8.42. The second-order valence-corrected chi connectivity index (χ2v) is 9.63. The zero-order valence-corrected chi connectivity index (χ0v) is 20.1. The van der Waals surface area contributed by atoms with E-state index in [1.165, 1.54) is 27.3 Å². The molecule has 0 amide bonds. The predicted octanol–water partition coefficient (Wildman–Crippen LogP) is 7.89. The fraction of sp³-hybridized carbons (Fsp3) is 0.156. The first-order valence-electron chi connectivity index (χ1n) is 12.5. The van der Waals surface area contributed by atoms with Gasteiger partial charge in [-0.25, -0.2) is 15.0 Å². The van der Waals surface area contributed by atoms with Gasteiger partial charge in [-0.15, -0.1) is 0 Å². The van der Waals surface area contributed by atoms with Crippen molar-refractivity contribution in [2.45, 2.75) is 31.6 Å². The van der Waals surface area contributed by atoms with E-state index >= 15 is 0 Å². The van der Waals surface area contributed by atoms with Gasteiger partial charge in [-0.1, -0.05) is 90.5 Å². The second-order valence-electron chi connectivity index (χ2n) is 9.63. The van der Waals surface area contributed by atoms with Gasteiger partial charge < -0.3 is 4.42 Å². The van der Waals surface area contributed by atoms with Gasteiger partial charge in [-0.05, 0) is 42.7 Å². The number of hydrogen-bond donors (Lipinski definition) is 0. The molecule has 4 nitrogen and oxygen atoms in total. The number of benzene rings is 3. The van der Waals surface area contributed by atoms with Crippen LogP contribution in [0.4, 0.5) is 0 Å². The SMILES string of the molecule is Cc1ccc2ccc3oc4c(c3c2c1)C(c1nc(-c2ccccc2)nc(C2C=CC=CC2)n1)CC=C4. The third-order valence-electron chi connectivity index (χ3n) is 7.21. The highest BCUT2D eigenvalue weighted by Crippen LogP contribution is 2.43. The van der Waals surface area contributed by atoms with E-state index < -0.39 is 0 Å². The zero-order chi connectivity index (χ0) is 24.1. The molecule has 0 saturated heterocycles. The third-order valence-corrected chi connectivity index (χ3v) is 7.21. The van der Waals surface area contributed by atoms with Crippen molar-refractivity contribution in [2.75, 3.05) is 0 Å². The average molecular weight is 468 g/mol. The van der Waals surface area contributed by atoms with E-state index in [-0.39, 0.29) is 11.8 Å². The fourth-order valence-corrected chi connectivity index (χ4v) is 5.43. The van der Waals surface area contributed by atoms with Gasteiger partial charge in [0.25, 0.3) is 0 Å². The van der Waals surface area contributed by atoms with Crippen LogP contribution in [0.1, 0.15) is 53.2 Å². The molecule has 0 N–H and O–H groups in total. The first-order chi connectivity index (χ1) is 17.7. The monoisotopic (exact) mass is 467 g/mol. The summed E-state index contributed by atoms with van der Waals surface area (Å²) in [5.74, 6) is 3.39. The summed E-state index contributed by atoms with van der Waals surface area (Å²) in [5.41, 5.74) is 4.33. The van der Waals surface area contributed by atoms with Crippen LogP contribution < -0.4 is 0 Å². The van der Waals surface area contributed by atoms with Gasteiger partial charge in [-0.2, -0.15) is 0 Å². The first-order valence-corrected chi connectivity index (χ1v) is 12.5. The molecule has 2 aliphatic carbocycles. The van der Waals surface area contributed by atoms with E-state index in [0.29, 0.717) is 0 Å². The van der Waals surface area contributed by atoms with Crippen LogP contribution in [0.3, 0.4) is 0 Å². The highest BCUT2D eigenvalue weighted by molar-refractivity contribution is 6.09. The lowest BCUT2D eigenvalue weighted by Crippen LogP contribution is -2.14. The maximum atomic E-state index is 6.37. The van der Waals surface area contributed by atoms with E-state index in [4.69, 9.17) is 19.4 Å². The molecular formula is C32H25N3O. The molecule has 0 spiro atoms. The normalized spacial score (nSPS) is 18.7. The lowest BCUT2D eigenvalue weighted by Gasteiger charge is -2.20. The molecule has 3 aromatic carbocycles. The summed E-state index contributed by atoms with van der Waals surface area (Å²) in [6.07, 6.45) is 14.5. The molecule has 2 heterocycles. The van der Waals surface area contributed by atoms with Crippen molar-refractivity contribution < 1.29 is 4.42 Å². The van der Waals surface area contributed by atoms with Crippen molar-refractivity contribution in [3.05, 3.63) is 120 Å². The fourth-order valence-electron chi connectivity index (χ4n) is 5.43. The van der Waals surface area contributed by atoms with Crippen molar-refractivity contribution >= 4 is 27.8 Å². The van der Waals surface area contributed by atoms with Crippen molar-refractivity contribution in [3.63, 3.8) is 0 Å². The number of aryl methyl sites for hydroxylation is 1. The smallest absolute Gasteiger partial charge is 0.163 e. The third kappa shape index (κ3) is 3.49. The summed E-state index contributed by atoms with van der Waals surface area (Å²) in [4.78, 5) is 15.1. The van der Waals surface area contributed by atoms with Crippen molar-refractivity contribution in [1.82, 2.24) is 15.0 Å². The minimum atomic E-state index is -0.00955. The lowest BCUT2D eigenvalue weighted by atomic mass is 9.86. The molecule has 5 aromatic rings. The largest absolute Gasteiger partial charge is 0.456 e. The summed E-state index contributed by atoms with van der Waals surface area (Å²) in [6.45, 7) is 2.14. The Labute approximate surface area is 209 Å². The summed E-state index contributed by atoms with van der Waals surface area (Å²) >= 11 is 0. The molecule has 0 radical (unpaired) electrons. The molecule has 0 saturated carbocycles. The van der Waals surface area contributed by atoms with Crippen molar-refractivity contribution in [1.29, 1.82) is 0 Å². The Morgan fingerprint density at radius 2 is 1.69 bits per heavy atom. The molecule has 174 valence electrons.